The summed E-state index contributed by atoms with van der Waals surface area (Å²) in [4.78, 5) is 85.3. The minimum absolute atomic E-state index is 0.0519. The van der Waals surface area contributed by atoms with E-state index in [9.17, 15) is 15.0 Å². The topological polar surface area (TPSA) is 197 Å². The Labute approximate surface area is 465 Å². The van der Waals surface area contributed by atoms with E-state index >= 15 is 19.2 Å². The Balaban J connectivity index is 1.14. The first-order valence-electron chi connectivity index (χ1n) is 27.8. The number of ether oxygens (including phenoxy) is 5. The zero-order valence-corrected chi connectivity index (χ0v) is 45.3. The van der Waals surface area contributed by atoms with Crippen LogP contribution < -0.4 is 24.4 Å². The first-order chi connectivity index (χ1) is 38.8. The predicted molar refractivity (Wildman–Crippen MR) is 294 cm³/mol. The summed E-state index contributed by atoms with van der Waals surface area (Å²) in [5.74, 6) is 3.31. The van der Waals surface area contributed by atoms with Crippen molar-refractivity contribution in [2.24, 2.45) is 11.8 Å². The summed E-state index contributed by atoms with van der Waals surface area (Å²) < 4.78 is 29.2. The van der Waals surface area contributed by atoms with Gasteiger partial charge in [-0.15, -0.1) is 0 Å². The van der Waals surface area contributed by atoms with Crippen LogP contribution in [-0.4, -0.2) is 126 Å². The number of piperazine rings is 1. The maximum absolute atomic E-state index is 17.1. The van der Waals surface area contributed by atoms with Gasteiger partial charge in [0.25, 0.3) is 0 Å². The molecule has 4 amide bonds. The van der Waals surface area contributed by atoms with Crippen molar-refractivity contribution >= 4 is 35.5 Å². The number of anilines is 1. The number of aliphatic hydroxyl groups excluding tert-OH is 1. The van der Waals surface area contributed by atoms with E-state index < -0.39 is 82.9 Å². The lowest BCUT2D eigenvalue weighted by Crippen LogP contribution is -2.59. The van der Waals surface area contributed by atoms with Gasteiger partial charge in [0, 0.05) is 38.3 Å². The van der Waals surface area contributed by atoms with Crippen molar-refractivity contribution in [3.63, 3.8) is 0 Å². The number of benzene rings is 5. The van der Waals surface area contributed by atoms with E-state index in [2.05, 4.69) is 22.1 Å². The number of aliphatic hydroxyl groups is 2. The summed E-state index contributed by atoms with van der Waals surface area (Å²) in [5, 5.41) is 24.7. The predicted octanol–water partition coefficient (Wildman–Crippen LogP) is 7.14. The van der Waals surface area contributed by atoms with E-state index in [1.807, 2.05) is 89.8 Å². The minimum Gasteiger partial charge on any atom is -0.491 e. The van der Waals surface area contributed by atoms with Crippen molar-refractivity contribution in [2.75, 3.05) is 58.2 Å². The fraction of sp³-hybridized carbons (Fsp3) is 0.413. The van der Waals surface area contributed by atoms with E-state index in [-0.39, 0.29) is 44.3 Å². The summed E-state index contributed by atoms with van der Waals surface area (Å²) in [5.41, 5.74) is 0.222. The summed E-state index contributed by atoms with van der Waals surface area (Å²) in [6.45, 7) is 5.21. The number of carbonyl (C=O) groups is 5. The average molecular weight is 1090 g/mol. The maximum Gasteiger partial charge on any atom is 0.329 e. The van der Waals surface area contributed by atoms with E-state index in [1.54, 1.807) is 55.1 Å². The SMILES string of the molecule is COC(=O)C(NC(=O)N1C(=O)C2(c3cc(C#CC4(O)CCCCCC4)ccc31)C(C(=O)N1CCN(Cc3ccc4c(c3)OCO4)CC1)C1C(=O)OC(c3ccccc3)C(c3ccccc3)N1C2c1cccc(OCCO)c1)C(C)C. The molecule has 5 heterocycles. The number of morpholine rings is 1. The highest BCUT2D eigenvalue weighted by Gasteiger charge is 2.76. The molecule has 0 bridgehead atoms. The number of nitrogens with zero attached hydrogens (tertiary/aromatic N) is 4. The molecule has 80 heavy (non-hydrogen) atoms. The average Bonchev–Trinajstić information content (AvgIpc) is 3.95. The molecule has 7 unspecified atom stereocenters. The van der Waals surface area contributed by atoms with Crippen LogP contribution in [0.1, 0.15) is 104 Å². The number of esters is 2. The molecule has 1 spiro atoms. The van der Waals surface area contributed by atoms with Crippen LogP contribution in [0.5, 0.6) is 17.2 Å². The van der Waals surface area contributed by atoms with Crippen molar-refractivity contribution in [1.82, 2.24) is 20.0 Å². The van der Waals surface area contributed by atoms with Crippen LogP contribution in [0.25, 0.3) is 0 Å². The second-order valence-corrected chi connectivity index (χ2v) is 22.0. The number of cyclic esters (lactones) is 1. The van der Waals surface area contributed by atoms with Gasteiger partial charge in [-0.1, -0.05) is 117 Å². The highest BCUT2D eigenvalue weighted by molar-refractivity contribution is 6.25. The van der Waals surface area contributed by atoms with Crippen LogP contribution >= 0.6 is 0 Å². The Morgan fingerprint density at radius 3 is 2.19 bits per heavy atom. The van der Waals surface area contributed by atoms with E-state index in [1.165, 1.54) is 7.11 Å². The van der Waals surface area contributed by atoms with E-state index in [4.69, 9.17) is 23.7 Å². The van der Waals surface area contributed by atoms with Crippen molar-refractivity contribution in [3.8, 4) is 29.1 Å². The van der Waals surface area contributed by atoms with Crippen LogP contribution in [0.15, 0.2) is 121 Å². The quantitative estimate of drug-likeness (QED) is 0.0648. The van der Waals surface area contributed by atoms with Gasteiger partial charge >= 0.3 is 18.0 Å². The second-order valence-electron chi connectivity index (χ2n) is 22.0. The molecule has 11 rings (SSSR count). The number of methoxy groups -OCH3 is 1. The Morgan fingerprint density at radius 2 is 1.49 bits per heavy atom. The maximum atomic E-state index is 17.1. The second kappa shape index (κ2) is 22.8. The zero-order chi connectivity index (χ0) is 55.7. The summed E-state index contributed by atoms with van der Waals surface area (Å²) in [7, 11) is 1.22. The molecule has 5 aliphatic heterocycles. The highest BCUT2D eigenvalue weighted by Crippen LogP contribution is 2.66. The monoisotopic (exact) mass is 1090 g/mol. The minimum atomic E-state index is -2.14. The lowest BCUT2D eigenvalue weighted by Gasteiger charge is -2.46. The number of fused-ring (bicyclic) bond motifs is 4. The molecule has 4 fully saturated rings. The number of hydrogen-bond acceptors (Lipinski definition) is 14. The van der Waals surface area contributed by atoms with Gasteiger partial charge in [-0.2, -0.15) is 0 Å². The van der Waals surface area contributed by atoms with Gasteiger partial charge in [0.05, 0.1) is 37.4 Å². The standard InChI is InChI=1S/C63H67N5O12/c1-40(2)52(58(71)76-3)64-61(74)67-48-23-21-41(25-28-62(75)26-12-4-5-13-27-62)35-47(48)63(60(67)73)51(57(70)66-31-29-65(30-32-66)38-42-22-24-49-50(36-42)79-39-78-49)54-59(72)80-55(44-17-10-7-11-18-44)53(43-15-8-6-9-16-43)68(54)56(63)45-19-14-20-46(37-45)77-34-33-69/h6-11,14-24,35-37,40,51-56,69,75H,4-5,12-13,26-27,29-34,38-39H2,1-3H3,(H,64,74). The number of carbonyl (C=O) groups excluding carboxylic acids is 5. The Morgan fingerprint density at radius 1 is 0.787 bits per heavy atom. The molecule has 17 nitrogen and oxygen atoms in total. The summed E-state index contributed by atoms with van der Waals surface area (Å²) >= 11 is 0. The van der Waals surface area contributed by atoms with Gasteiger partial charge in [-0.3, -0.25) is 24.2 Å². The fourth-order valence-electron chi connectivity index (χ4n) is 13.0. The molecule has 6 aliphatic rings. The normalized spacial score (nSPS) is 24.5. The van der Waals surface area contributed by atoms with Crippen LogP contribution in [0.4, 0.5) is 10.5 Å². The molecule has 1 aliphatic carbocycles. The molecule has 17 heteroatoms. The van der Waals surface area contributed by atoms with Crippen LogP contribution in [0.2, 0.25) is 0 Å². The summed E-state index contributed by atoms with van der Waals surface area (Å²) in [6, 6.07) is 31.1. The van der Waals surface area contributed by atoms with Gasteiger partial charge in [0.2, 0.25) is 18.6 Å². The Hall–Kier alpha value is -7.75. The molecule has 3 N–H and O–H groups in total. The molecule has 0 radical (unpaired) electrons. The number of amides is 4. The molecule has 7 atom stereocenters. The number of imide groups is 1. The number of hydrogen-bond donors (Lipinski definition) is 3. The summed E-state index contributed by atoms with van der Waals surface area (Å²) in [6.07, 6.45) is 3.57. The van der Waals surface area contributed by atoms with Gasteiger partial charge < -0.3 is 44.1 Å². The van der Waals surface area contributed by atoms with Gasteiger partial charge in [-0.25, -0.2) is 14.5 Å². The van der Waals surface area contributed by atoms with Gasteiger partial charge in [0.1, 0.15) is 41.6 Å². The van der Waals surface area contributed by atoms with Crippen LogP contribution in [0.3, 0.4) is 0 Å². The number of rotatable bonds is 12. The first-order valence-corrected chi connectivity index (χ1v) is 27.8. The molecule has 5 aromatic carbocycles. The van der Waals surface area contributed by atoms with E-state index in [0.717, 1.165) is 41.7 Å². The van der Waals surface area contributed by atoms with Gasteiger partial charge in [0.15, 0.2) is 11.5 Å². The van der Waals surface area contributed by atoms with Crippen molar-refractivity contribution in [3.05, 3.63) is 155 Å². The van der Waals surface area contributed by atoms with Gasteiger partial charge in [-0.05, 0) is 102 Å². The molecule has 1 saturated carbocycles. The zero-order valence-electron chi connectivity index (χ0n) is 45.3. The third kappa shape index (κ3) is 10.0. The molecular formula is C63H67N5O12. The molecule has 0 aromatic heterocycles. The van der Waals surface area contributed by atoms with Crippen LogP contribution in [0, 0.1) is 23.7 Å². The van der Waals surface area contributed by atoms with Crippen molar-refractivity contribution in [2.45, 2.75) is 100 Å². The molecule has 3 saturated heterocycles. The smallest absolute Gasteiger partial charge is 0.329 e. The van der Waals surface area contributed by atoms with Crippen molar-refractivity contribution < 1.29 is 57.9 Å². The molecular weight excluding hydrogens is 1020 g/mol. The largest absolute Gasteiger partial charge is 0.491 e. The Kier molecular flexibility index (Phi) is 15.4. The third-order valence-electron chi connectivity index (χ3n) is 16.8. The lowest BCUT2D eigenvalue weighted by atomic mass is 9.64. The van der Waals surface area contributed by atoms with Crippen LogP contribution in [-0.2, 0) is 40.6 Å². The number of nitrogens with one attached hydrogen (secondary N) is 1. The highest BCUT2D eigenvalue weighted by atomic mass is 16.7. The lowest BCUT2D eigenvalue weighted by molar-refractivity contribution is -0.179. The Bertz CT molecular complexity index is 3200. The molecule has 416 valence electrons. The van der Waals surface area contributed by atoms with Crippen molar-refractivity contribution in [1.29, 1.82) is 0 Å². The fourth-order valence-corrected chi connectivity index (χ4v) is 13.0. The molecule has 5 aromatic rings. The first kappa shape index (κ1) is 54.2. The third-order valence-corrected chi connectivity index (χ3v) is 16.8. The van der Waals surface area contributed by atoms with E-state index in [0.29, 0.717) is 66.4 Å². The number of urea groups is 1.